The van der Waals surface area contributed by atoms with Gasteiger partial charge >= 0.3 is 0 Å². The molecule has 0 saturated heterocycles. The van der Waals surface area contributed by atoms with E-state index in [0.29, 0.717) is 25.4 Å². The first-order valence-corrected chi connectivity index (χ1v) is 7.75. The number of amides is 2. The smallest absolute Gasteiger partial charge is 0.248 e. The van der Waals surface area contributed by atoms with Gasteiger partial charge in [0.15, 0.2) is 0 Å². The van der Waals surface area contributed by atoms with Gasteiger partial charge in [-0.3, -0.25) is 14.3 Å². The lowest BCUT2D eigenvalue weighted by atomic mass is 10.1. The Morgan fingerprint density at radius 1 is 1.46 bits per heavy atom. The average Bonchev–Trinajstić information content (AvgIpc) is 3.24. The quantitative estimate of drug-likeness (QED) is 0.841. The monoisotopic (exact) mass is 332 g/mol. The fourth-order valence-corrected chi connectivity index (χ4v) is 2.83. The maximum absolute atomic E-state index is 12.2. The van der Waals surface area contributed by atoms with Gasteiger partial charge in [-0.1, -0.05) is 0 Å². The predicted octanol–water partition coefficient (Wildman–Crippen LogP) is 0.712. The molecule has 2 aromatic rings. The normalized spacial score (nSPS) is 16.7. The molecule has 0 spiro atoms. The topological polar surface area (TPSA) is 89.6 Å². The largest absolute Gasteiger partial charge is 0.467 e. The van der Waals surface area contributed by atoms with Gasteiger partial charge in [-0.05, 0) is 18.2 Å². The first kappa shape index (κ1) is 16.3. The minimum Gasteiger partial charge on any atom is -0.467 e. The van der Waals surface area contributed by atoms with Crippen LogP contribution in [0.4, 0.5) is 0 Å². The molecule has 1 atom stereocenters. The summed E-state index contributed by atoms with van der Waals surface area (Å²) in [6.45, 7) is 1.29. The standard InChI is InChI=1S/C16H20N4O4/c1-23-11-16(22)19-9-12-4-5-18-20(12)13(10-19)7-15(21)17-8-14-3-2-6-24-14/h2-6,13H,7-11H2,1H3,(H,17,21)/t13-/m1/s1. The lowest BCUT2D eigenvalue weighted by molar-refractivity contribution is -0.138. The minimum atomic E-state index is -0.193. The van der Waals surface area contributed by atoms with Gasteiger partial charge in [-0.15, -0.1) is 0 Å². The molecule has 0 unspecified atom stereocenters. The second-order valence-electron chi connectivity index (χ2n) is 5.69. The van der Waals surface area contributed by atoms with E-state index in [1.54, 1.807) is 29.5 Å². The van der Waals surface area contributed by atoms with Gasteiger partial charge < -0.3 is 19.4 Å². The Hall–Kier alpha value is -2.61. The van der Waals surface area contributed by atoms with E-state index >= 15 is 0 Å². The number of nitrogens with zero attached hydrogens (tertiary/aromatic N) is 3. The van der Waals surface area contributed by atoms with Crippen LogP contribution in [-0.4, -0.2) is 46.8 Å². The molecule has 0 saturated carbocycles. The Balaban J connectivity index is 1.63. The van der Waals surface area contributed by atoms with Crippen LogP contribution in [0, 0.1) is 0 Å². The zero-order chi connectivity index (χ0) is 16.9. The van der Waals surface area contributed by atoms with E-state index in [0.717, 1.165) is 5.69 Å². The van der Waals surface area contributed by atoms with E-state index in [-0.39, 0.29) is 30.9 Å². The molecular formula is C16H20N4O4. The molecular weight excluding hydrogens is 312 g/mol. The van der Waals surface area contributed by atoms with Crippen molar-refractivity contribution in [2.75, 3.05) is 20.3 Å². The second kappa shape index (κ2) is 7.31. The van der Waals surface area contributed by atoms with Crippen molar-refractivity contribution in [2.24, 2.45) is 0 Å². The van der Waals surface area contributed by atoms with Crippen molar-refractivity contribution < 1.29 is 18.7 Å². The molecule has 8 nitrogen and oxygen atoms in total. The summed E-state index contributed by atoms with van der Waals surface area (Å²) >= 11 is 0. The van der Waals surface area contributed by atoms with Gasteiger partial charge in [0.1, 0.15) is 12.4 Å². The van der Waals surface area contributed by atoms with Crippen LogP contribution < -0.4 is 5.32 Å². The summed E-state index contributed by atoms with van der Waals surface area (Å²) in [4.78, 5) is 26.0. The van der Waals surface area contributed by atoms with E-state index in [2.05, 4.69) is 10.4 Å². The van der Waals surface area contributed by atoms with Crippen LogP contribution in [0.1, 0.15) is 23.9 Å². The van der Waals surface area contributed by atoms with Crippen LogP contribution in [0.5, 0.6) is 0 Å². The van der Waals surface area contributed by atoms with Gasteiger partial charge in [0.25, 0.3) is 0 Å². The summed E-state index contributed by atoms with van der Waals surface area (Å²) in [5, 5.41) is 7.11. The summed E-state index contributed by atoms with van der Waals surface area (Å²) in [5.74, 6) is 0.494. The van der Waals surface area contributed by atoms with Crippen LogP contribution in [-0.2, 0) is 27.4 Å². The molecule has 8 heteroatoms. The molecule has 1 N–H and O–H groups in total. The first-order valence-electron chi connectivity index (χ1n) is 7.75. The number of rotatable bonds is 6. The molecule has 0 aromatic carbocycles. The molecule has 1 aliphatic rings. The number of furan rings is 1. The summed E-state index contributed by atoms with van der Waals surface area (Å²) in [6, 6.07) is 5.25. The maximum atomic E-state index is 12.2. The Morgan fingerprint density at radius 2 is 2.33 bits per heavy atom. The predicted molar refractivity (Wildman–Crippen MR) is 83.7 cm³/mol. The van der Waals surface area contributed by atoms with Gasteiger partial charge in [-0.25, -0.2) is 0 Å². The molecule has 1 aliphatic heterocycles. The fourth-order valence-electron chi connectivity index (χ4n) is 2.83. The Labute approximate surface area is 139 Å². The molecule has 0 bridgehead atoms. The van der Waals surface area contributed by atoms with Gasteiger partial charge in [0.2, 0.25) is 11.8 Å². The summed E-state index contributed by atoms with van der Waals surface area (Å²) in [5.41, 5.74) is 0.912. The zero-order valence-corrected chi connectivity index (χ0v) is 13.5. The molecule has 0 aliphatic carbocycles. The molecule has 2 aromatic heterocycles. The van der Waals surface area contributed by atoms with Gasteiger partial charge in [-0.2, -0.15) is 5.10 Å². The summed E-state index contributed by atoms with van der Waals surface area (Å²) in [6.07, 6.45) is 3.50. The van der Waals surface area contributed by atoms with Crippen molar-refractivity contribution in [3.63, 3.8) is 0 Å². The fraction of sp³-hybridized carbons (Fsp3) is 0.438. The first-order chi connectivity index (χ1) is 11.7. The summed E-state index contributed by atoms with van der Waals surface area (Å²) < 4.78 is 11.9. The van der Waals surface area contributed by atoms with Gasteiger partial charge in [0, 0.05) is 19.9 Å². The highest BCUT2D eigenvalue weighted by Crippen LogP contribution is 2.23. The number of ether oxygens (including phenoxy) is 1. The van der Waals surface area contributed by atoms with Crippen LogP contribution in [0.3, 0.4) is 0 Å². The van der Waals surface area contributed by atoms with Crippen molar-refractivity contribution >= 4 is 11.8 Å². The third-order valence-electron chi connectivity index (χ3n) is 3.96. The molecule has 24 heavy (non-hydrogen) atoms. The lowest BCUT2D eigenvalue weighted by Gasteiger charge is -2.33. The highest BCUT2D eigenvalue weighted by atomic mass is 16.5. The van der Waals surface area contributed by atoms with E-state index in [1.165, 1.54) is 7.11 Å². The zero-order valence-electron chi connectivity index (χ0n) is 13.5. The number of carbonyl (C=O) groups is 2. The van der Waals surface area contributed by atoms with E-state index in [4.69, 9.17) is 9.15 Å². The maximum Gasteiger partial charge on any atom is 0.248 e. The number of nitrogens with one attached hydrogen (secondary N) is 1. The van der Waals surface area contributed by atoms with Crippen LogP contribution in [0.2, 0.25) is 0 Å². The molecule has 3 heterocycles. The van der Waals surface area contributed by atoms with Crippen molar-refractivity contribution in [3.05, 3.63) is 42.1 Å². The molecule has 0 fully saturated rings. The molecule has 3 rings (SSSR count). The van der Waals surface area contributed by atoms with Crippen molar-refractivity contribution in [3.8, 4) is 0 Å². The number of methoxy groups -OCH3 is 1. The number of aromatic nitrogens is 2. The van der Waals surface area contributed by atoms with E-state index in [9.17, 15) is 9.59 Å². The minimum absolute atomic E-state index is 0.0333. The number of hydrogen-bond acceptors (Lipinski definition) is 5. The van der Waals surface area contributed by atoms with Crippen molar-refractivity contribution in [2.45, 2.75) is 25.6 Å². The second-order valence-corrected chi connectivity index (χ2v) is 5.69. The van der Waals surface area contributed by atoms with E-state index < -0.39 is 0 Å². The average molecular weight is 332 g/mol. The Morgan fingerprint density at radius 3 is 3.08 bits per heavy atom. The van der Waals surface area contributed by atoms with Crippen molar-refractivity contribution in [1.29, 1.82) is 0 Å². The Bertz CT molecular complexity index is 695. The van der Waals surface area contributed by atoms with Crippen LogP contribution in [0.25, 0.3) is 0 Å². The van der Waals surface area contributed by atoms with Gasteiger partial charge in [0.05, 0.1) is 37.5 Å². The highest BCUT2D eigenvalue weighted by Gasteiger charge is 2.29. The van der Waals surface area contributed by atoms with Crippen LogP contribution >= 0.6 is 0 Å². The lowest BCUT2D eigenvalue weighted by Crippen LogP contribution is -2.44. The molecule has 128 valence electrons. The number of carbonyl (C=O) groups excluding carboxylic acids is 2. The van der Waals surface area contributed by atoms with E-state index in [1.807, 2.05) is 10.7 Å². The van der Waals surface area contributed by atoms with Crippen molar-refractivity contribution in [1.82, 2.24) is 20.0 Å². The third-order valence-corrected chi connectivity index (χ3v) is 3.96. The number of hydrogen-bond donors (Lipinski definition) is 1. The molecule has 2 amide bonds. The molecule has 0 radical (unpaired) electrons. The van der Waals surface area contributed by atoms with Crippen LogP contribution in [0.15, 0.2) is 35.1 Å². The Kier molecular flexibility index (Phi) is 4.95. The third kappa shape index (κ3) is 3.65. The number of fused-ring (bicyclic) bond motifs is 1. The highest BCUT2D eigenvalue weighted by molar-refractivity contribution is 5.78. The SMILES string of the molecule is COCC(=O)N1Cc2ccnn2[C@H](CC(=O)NCc2ccco2)C1. The summed E-state index contributed by atoms with van der Waals surface area (Å²) in [7, 11) is 1.49.